The second kappa shape index (κ2) is 9.88. The number of ether oxygens (including phenoxy) is 2. The van der Waals surface area contributed by atoms with Gasteiger partial charge in [-0.05, 0) is 19.2 Å². The highest BCUT2D eigenvalue weighted by Crippen LogP contribution is 2.39. The van der Waals surface area contributed by atoms with E-state index in [4.69, 9.17) is 26.8 Å². The van der Waals surface area contributed by atoms with Crippen molar-refractivity contribution in [2.24, 2.45) is 5.73 Å². The van der Waals surface area contributed by atoms with E-state index in [0.717, 1.165) is 6.07 Å². The van der Waals surface area contributed by atoms with Gasteiger partial charge in [-0.15, -0.1) is 0 Å². The zero-order chi connectivity index (χ0) is 25.3. The van der Waals surface area contributed by atoms with E-state index in [1.165, 1.54) is 36.4 Å². The van der Waals surface area contributed by atoms with Gasteiger partial charge in [0.1, 0.15) is 16.5 Å². The van der Waals surface area contributed by atoms with Crippen molar-refractivity contribution in [1.82, 2.24) is 14.8 Å². The Morgan fingerprint density at radius 2 is 1.86 bits per heavy atom. The summed E-state index contributed by atoms with van der Waals surface area (Å²) in [7, 11) is 3.30. The van der Waals surface area contributed by atoms with Crippen LogP contribution >= 0.6 is 11.6 Å². The summed E-state index contributed by atoms with van der Waals surface area (Å²) in [6.45, 7) is 2.30. The Morgan fingerprint density at radius 3 is 2.51 bits per heavy atom. The first-order valence-electron chi connectivity index (χ1n) is 10.6. The number of hydrogen-bond acceptors (Lipinski definition) is 6. The lowest BCUT2D eigenvalue weighted by Crippen LogP contribution is -2.48. The molecule has 184 valence electrons. The van der Waals surface area contributed by atoms with Crippen LogP contribution in [0.1, 0.15) is 10.4 Å². The number of pyridine rings is 1. The summed E-state index contributed by atoms with van der Waals surface area (Å²) in [6, 6.07) is 4.56. The zero-order valence-electron chi connectivity index (χ0n) is 18.9. The minimum absolute atomic E-state index is 0.00300. The maximum atomic E-state index is 15.1. The second-order valence-corrected chi connectivity index (χ2v) is 8.31. The van der Waals surface area contributed by atoms with Crippen molar-refractivity contribution < 1.29 is 27.8 Å². The molecule has 0 unspecified atom stereocenters. The van der Waals surface area contributed by atoms with Gasteiger partial charge in [-0.1, -0.05) is 11.6 Å². The molecule has 0 radical (unpaired) electrons. The van der Waals surface area contributed by atoms with Crippen LogP contribution in [0.15, 0.2) is 30.5 Å². The number of likely N-dealkylation sites (N-methyl/N-ethyl adjacent to an activating group) is 1. The van der Waals surface area contributed by atoms with Crippen LogP contribution in [-0.4, -0.2) is 67.1 Å². The van der Waals surface area contributed by atoms with E-state index in [1.807, 2.05) is 7.05 Å². The number of fused-ring (bicyclic) bond motifs is 1. The number of carbonyl (C=O) groups is 2. The van der Waals surface area contributed by atoms with Gasteiger partial charge in [-0.3, -0.25) is 9.78 Å². The summed E-state index contributed by atoms with van der Waals surface area (Å²) in [5, 5.41) is 2.21. The van der Waals surface area contributed by atoms with E-state index in [-0.39, 0.29) is 28.1 Å². The second-order valence-electron chi connectivity index (χ2n) is 7.93. The Bertz CT molecular complexity index is 1320. The molecule has 9 nitrogen and oxygen atoms in total. The lowest BCUT2D eigenvalue weighted by molar-refractivity contribution is 0.0997. The molecule has 1 aliphatic heterocycles. The molecule has 35 heavy (non-hydrogen) atoms. The SMILES string of the molecule is COc1cc2nccc(Oc3c(F)cc(NC(=O)N4CCN(C)CC4)c(Cl)c3F)c2cc1C(N)=O. The number of methoxy groups -OCH3 is 1. The smallest absolute Gasteiger partial charge is 0.321 e. The number of urea groups is 1. The van der Waals surface area contributed by atoms with Crippen molar-refractivity contribution in [2.75, 3.05) is 45.7 Å². The molecule has 12 heteroatoms. The number of hydrogen-bond donors (Lipinski definition) is 2. The summed E-state index contributed by atoms with van der Waals surface area (Å²) in [5.41, 5.74) is 5.57. The van der Waals surface area contributed by atoms with E-state index in [1.54, 1.807) is 0 Å². The van der Waals surface area contributed by atoms with Crippen molar-refractivity contribution in [1.29, 1.82) is 0 Å². The highest BCUT2D eigenvalue weighted by Gasteiger charge is 2.25. The summed E-state index contributed by atoms with van der Waals surface area (Å²) in [4.78, 5) is 32.1. The van der Waals surface area contributed by atoms with Crippen molar-refractivity contribution in [2.45, 2.75) is 0 Å². The van der Waals surface area contributed by atoms with Crippen LogP contribution in [0, 0.1) is 11.6 Å². The number of benzene rings is 2. The molecule has 3 amide bonds. The number of nitrogens with two attached hydrogens (primary N) is 1. The maximum absolute atomic E-state index is 15.1. The van der Waals surface area contributed by atoms with Crippen molar-refractivity contribution in [3.8, 4) is 17.2 Å². The van der Waals surface area contributed by atoms with Crippen LogP contribution in [0.3, 0.4) is 0 Å². The number of nitrogens with one attached hydrogen (secondary N) is 1. The molecule has 3 N–H and O–H groups in total. The molecular formula is C23H22ClF2N5O4. The largest absolute Gasteiger partial charge is 0.496 e. The average molecular weight is 506 g/mol. The third-order valence-corrected chi connectivity index (χ3v) is 6.02. The number of amides is 3. The highest BCUT2D eigenvalue weighted by molar-refractivity contribution is 6.34. The van der Waals surface area contributed by atoms with E-state index < -0.39 is 34.3 Å². The standard InChI is InChI=1S/C23H22ClF2N5O4/c1-30-5-7-31(8-6-30)23(33)29-16-10-14(25)21(20(26)19(16)24)35-17-3-4-28-15-11-18(34-2)13(22(27)32)9-12(15)17/h3-4,9-11H,5-8H2,1-2H3,(H2,27,32)(H,29,33). The number of carbonyl (C=O) groups excluding carboxylic acids is 2. The highest BCUT2D eigenvalue weighted by atomic mass is 35.5. The number of anilines is 1. The minimum atomic E-state index is -1.20. The van der Waals surface area contributed by atoms with Gasteiger partial charge < -0.3 is 30.3 Å². The van der Waals surface area contributed by atoms with Crippen LogP contribution in [0.2, 0.25) is 5.02 Å². The number of aromatic nitrogens is 1. The lowest BCUT2D eigenvalue weighted by atomic mass is 10.1. The van der Waals surface area contributed by atoms with E-state index in [9.17, 15) is 14.0 Å². The topological polar surface area (TPSA) is 110 Å². The maximum Gasteiger partial charge on any atom is 0.321 e. The molecule has 0 bridgehead atoms. The van der Waals surface area contributed by atoms with Gasteiger partial charge in [0.15, 0.2) is 17.4 Å². The molecule has 0 saturated carbocycles. The first-order valence-corrected chi connectivity index (χ1v) is 10.9. The quantitative estimate of drug-likeness (QED) is 0.510. The van der Waals surface area contributed by atoms with Gasteiger partial charge in [0.25, 0.3) is 5.91 Å². The van der Waals surface area contributed by atoms with Crippen LogP contribution in [0.25, 0.3) is 10.9 Å². The Hall–Kier alpha value is -3.70. The summed E-state index contributed by atoms with van der Waals surface area (Å²) in [6.07, 6.45) is 1.36. The van der Waals surface area contributed by atoms with Crippen molar-refractivity contribution in [3.05, 3.63) is 52.7 Å². The number of piperazine rings is 1. The van der Waals surface area contributed by atoms with Gasteiger partial charge in [-0.2, -0.15) is 0 Å². The van der Waals surface area contributed by atoms with Gasteiger partial charge in [0.05, 0.1) is 23.9 Å². The molecule has 1 aliphatic rings. The Kier molecular flexibility index (Phi) is 6.90. The number of primary amides is 1. The molecule has 1 saturated heterocycles. The first-order chi connectivity index (χ1) is 16.7. The van der Waals surface area contributed by atoms with E-state index in [0.29, 0.717) is 31.7 Å². The minimum Gasteiger partial charge on any atom is -0.496 e. The van der Waals surface area contributed by atoms with E-state index >= 15 is 4.39 Å². The molecule has 0 atom stereocenters. The molecule has 2 heterocycles. The van der Waals surface area contributed by atoms with Crippen molar-refractivity contribution >= 4 is 40.1 Å². The third kappa shape index (κ3) is 4.91. The molecule has 3 aromatic rings. The normalized spacial score (nSPS) is 14.1. The zero-order valence-corrected chi connectivity index (χ0v) is 19.7. The van der Waals surface area contributed by atoms with Gasteiger partial charge in [0.2, 0.25) is 0 Å². The summed E-state index contributed by atoms with van der Waals surface area (Å²) in [5.74, 6) is -3.64. The fraction of sp³-hybridized carbons (Fsp3) is 0.261. The van der Waals surface area contributed by atoms with Gasteiger partial charge in [-0.25, -0.2) is 13.6 Å². The summed E-state index contributed by atoms with van der Waals surface area (Å²) < 4.78 is 40.7. The fourth-order valence-electron chi connectivity index (χ4n) is 3.68. The Morgan fingerprint density at radius 1 is 1.14 bits per heavy atom. The molecule has 1 aromatic heterocycles. The van der Waals surface area contributed by atoms with Crippen LogP contribution < -0.4 is 20.5 Å². The fourth-order valence-corrected chi connectivity index (χ4v) is 3.86. The number of nitrogens with zero attached hydrogens (tertiary/aromatic N) is 3. The lowest BCUT2D eigenvalue weighted by Gasteiger charge is -2.32. The average Bonchev–Trinajstić information content (AvgIpc) is 2.84. The van der Waals surface area contributed by atoms with Crippen LogP contribution in [0.5, 0.6) is 17.2 Å². The molecule has 0 spiro atoms. The molecule has 2 aromatic carbocycles. The first kappa shape index (κ1) is 24.4. The Labute approximate surface area is 204 Å². The monoisotopic (exact) mass is 505 g/mol. The predicted molar refractivity (Wildman–Crippen MR) is 126 cm³/mol. The molecular weight excluding hydrogens is 484 g/mol. The molecule has 4 rings (SSSR count). The Balaban J connectivity index is 1.65. The number of rotatable bonds is 5. The molecule has 0 aliphatic carbocycles. The van der Waals surface area contributed by atoms with E-state index in [2.05, 4.69) is 15.2 Å². The van der Waals surface area contributed by atoms with Gasteiger partial charge in [0, 0.05) is 49.9 Å². The summed E-state index contributed by atoms with van der Waals surface area (Å²) >= 11 is 6.11. The van der Waals surface area contributed by atoms with Crippen molar-refractivity contribution in [3.63, 3.8) is 0 Å². The third-order valence-electron chi connectivity index (χ3n) is 5.65. The predicted octanol–water partition coefficient (Wildman–Crippen LogP) is 3.85. The molecule has 1 fully saturated rings. The number of halogens is 3. The van der Waals surface area contributed by atoms with Crippen LogP contribution in [0.4, 0.5) is 19.3 Å². The van der Waals surface area contributed by atoms with Gasteiger partial charge >= 0.3 is 6.03 Å². The van der Waals surface area contributed by atoms with Crippen LogP contribution in [-0.2, 0) is 0 Å².